The molecule has 0 spiro atoms. The second-order valence-electron chi connectivity index (χ2n) is 4.12. The first-order valence-corrected chi connectivity index (χ1v) is 5.64. The predicted molar refractivity (Wildman–Crippen MR) is 62.0 cm³/mol. The van der Waals surface area contributed by atoms with Crippen LogP contribution in [0, 0.1) is 0 Å². The highest BCUT2D eigenvalue weighted by Crippen LogP contribution is 2.16. The standard InChI is InChI=1S/C13H16O4/c1-9(17-13(14)12-8-16-12)7-10-3-5-11(15-2)6-4-10/h3-6,9,12H,7-8H2,1-2H3. The molecule has 0 amide bonds. The Morgan fingerprint density at radius 3 is 2.65 bits per heavy atom. The number of epoxide rings is 1. The van der Waals surface area contributed by atoms with Gasteiger partial charge in [-0.05, 0) is 24.6 Å². The maximum Gasteiger partial charge on any atom is 0.337 e. The number of carbonyl (C=O) groups is 1. The second kappa shape index (κ2) is 5.19. The van der Waals surface area contributed by atoms with Crippen molar-refractivity contribution in [1.29, 1.82) is 0 Å². The van der Waals surface area contributed by atoms with Gasteiger partial charge in [-0.25, -0.2) is 4.79 Å². The number of methoxy groups -OCH3 is 1. The van der Waals surface area contributed by atoms with Gasteiger partial charge in [-0.1, -0.05) is 12.1 Å². The van der Waals surface area contributed by atoms with Gasteiger partial charge in [0.2, 0.25) is 0 Å². The highest BCUT2D eigenvalue weighted by atomic mass is 16.6. The second-order valence-corrected chi connectivity index (χ2v) is 4.12. The third kappa shape index (κ3) is 3.46. The highest BCUT2D eigenvalue weighted by Gasteiger charge is 2.33. The van der Waals surface area contributed by atoms with Gasteiger partial charge in [0, 0.05) is 6.42 Å². The number of carbonyl (C=O) groups excluding carboxylic acids is 1. The molecule has 0 N–H and O–H groups in total. The van der Waals surface area contributed by atoms with Crippen molar-refractivity contribution in [2.75, 3.05) is 13.7 Å². The Labute approximate surface area is 100 Å². The van der Waals surface area contributed by atoms with E-state index in [4.69, 9.17) is 14.2 Å². The Morgan fingerprint density at radius 1 is 1.47 bits per heavy atom. The number of benzene rings is 1. The van der Waals surface area contributed by atoms with E-state index in [-0.39, 0.29) is 18.2 Å². The molecule has 0 bridgehead atoms. The van der Waals surface area contributed by atoms with E-state index in [1.165, 1.54) is 0 Å². The molecule has 1 fully saturated rings. The number of hydrogen-bond donors (Lipinski definition) is 0. The SMILES string of the molecule is COc1ccc(CC(C)OC(=O)C2CO2)cc1. The van der Waals surface area contributed by atoms with Gasteiger partial charge in [0.15, 0.2) is 6.10 Å². The molecule has 1 aromatic rings. The van der Waals surface area contributed by atoms with Crippen LogP contribution in [-0.4, -0.2) is 31.9 Å². The quantitative estimate of drug-likeness (QED) is 0.575. The molecule has 0 aromatic heterocycles. The van der Waals surface area contributed by atoms with Crippen molar-refractivity contribution in [2.24, 2.45) is 0 Å². The zero-order chi connectivity index (χ0) is 12.3. The normalized spacial score (nSPS) is 19.5. The summed E-state index contributed by atoms with van der Waals surface area (Å²) in [6.45, 7) is 2.37. The molecule has 4 nitrogen and oxygen atoms in total. The van der Waals surface area contributed by atoms with Crippen LogP contribution >= 0.6 is 0 Å². The summed E-state index contributed by atoms with van der Waals surface area (Å²) in [6, 6.07) is 7.73. The van der Waals surface area contributed by atoms with Crippen molar-refractivity contribution in [3.63, 3.8) is 0 Å². The van der Waals surface area contributed by atoms with Gasteiger partial charge in [0.1, 0.15) is 11.9 Å². The summed E-state index contributed by atoms with van der Waals surface area (Å²) in [5.41, 5.74) is 1.11. The Balaban J connectivity index is 1.83. The lowest BCUT2D eigenvalue weighted by atomic mass is 10.1. The fourth-order valence-electron chi connectivity index (χ4n) is 1.59. The summed E-state index contributed by atoms with van der Waals surface area (Å²) in [6.07, 6.45) is 0.232. The number of hydrogen-bond acceptors (Lipinski definition) is 4. The zero-order valence-electron chi connectivity index (χ0n) is 10.0. The number of esters is 1. The van der Waals surface area contributed by atoms with E-state index in [9.17, 15) is 4.79 Å². The lowest BCUT2D eigenvalue weighted by Crippen LogP contribution is -2.20. The van der Waals surface area contributed by atoms with Crippen molar-refractivity contribution in [1.82, 2.24) is 0 Å². The van der Waals surface area contributed by atoms with Gasteiger partial charge in [-0.2, -0.15) is 0 Å². The van der Waals surface area contributed by atoms with Crippen LogP contribution in [-0.2, 0) is 20.7 Å². The van der Waals surface area contributed by atoms with E-state index in [1.54, 1.807) is 7.11 Å². The first-order chi connectivity index (χ1) is 8.19. The van der Waals surface area contributed by atoms with Gasteiger partial charge in [-0.15, -0.1) is 0 Å². The predicted octanol–water partition coefficient (Wildman–Crippen LogP) is 1.57. The van der Waals surface area contributed by atoms with Crippen molar-refractivity contribution in [3.8, 4) is 5.75 Å². The van der Waals surface area contributed by atoms with Crippen LogP contribution in [0.5, 0.6) is 5.75 Å². The van der Waals surface area contributed by atoms with Crippen molar-refractivity contribution >= 4 is 5.97 Å². The Morgan fingerprint density at radius 2 is 2.12 bits per heavy atom. The Hall–Kier alpha value is -1.55. The molecule has 2 unspecified atom stereocenters. The molecule has 1 aromatic carbocycles. The monoisotopic (exact) mass is 236 g/mol. The summed E-state index contributed by atoms with van der Waals surface area (Å²) >= 11 is 0. The molecular weight excluding hydrogens is 220 g/mol. The average molecular weight is 236 g/mol. The molecule has 1 saturated heterocycles. The Kier molecular flexibility index (Phi) is 3.64. The molecule has 1 aliphatic rings. The van der Waals surface area contributed by atoms with Crippen molar-refractivity contribution < 1.29 is 19.0 Å². The van der Waals surface area contributed by atoms with E-state index in [1.807, 2.05) is 31.2 Å². The molecule has 17 heavy (non-hydrogen) atoms. The summed E-state index contributed by atoms with van der Waals surface area (Å²) in [7, 11) is 1.63. The fraction of sp³-hybridized carbons (Fsp3) is 0.462. The lowest BCUT2D eigenvalue weighted by molar-refractivity contribution is -0.149. The highest BCUT2D eigenvalue weighted by molar-refractivity contribution is 5.77. The van der Waals surface area contributed by atoms with Gasteiger partial charge < -0.3 is 14.2 Å². The van der Waals surface area contributed by atoms with Crippen molar-refractivity contribution in [3.05, 3.63) is 29.8 Å². The zero-order valence-corrected chi connectivity index (χ0v) is 10.0. The van der Waals surface area contributed by atoms with E-state index >= 15 is 0 Å². The van der Waals surface area contributed by atoms with E-state index in [2.05, 4.69) is 0 Å². The third-order valence-electron chi connectivity index (χ3n) is 2.60. The largest absolute Gasteiger partial charge is 0.497 e. The molecular formula is C13H16O4. The Bertz CT molecular complexity index is 381. The molecule has 1 heterocycles. The van der Waals surface area contributed by atoms with Crippen LogP contribution in [0.3, 0.4) is 0 Å². The maximum atomic E-state index is 11.3. The average Bonchev–Trinajstić information content (AvgIpc) is 3.13. The molecule has 1 aliphatic heterocycles. The lowest BCUT2D eigenvalue weighted by Gasteiger charge is -2.12. The molecule has 2 rings (SSSR count). The van der Waals surface area contributed by atoms with Crippen LogP contribution in [0.1, 0.15) is 12.5 Å². The van der Waals surface area contributed by atoms with Crippen LogP contribution < -0.4 is 4.74 Å². The van der Waals surface area contributed by atoms with Crippen LogP contribution in [0.2, 0.25) is 0 Å². The summed E-state index contributed by atoms with van der Waals surface area (Å²) in [5.74, 6) is 0.566. The van der Waals surface area contributed by atoms with Crippen LogP contribution in [0.25, 0.3) is 0 Å². The van der Waals surface area contributed by atoms with E-state index < -0.39 is 0 Å². The van der Waals surface area contributed by atoms with Crippen LogP contribution in [0.15, 0.2) is 24.3 Å². The van der Waals surface area contributed by atoms with Gasteiger partial charge in [0.05, 0.1) is 13.7 Å². The number of ether oxygens (including phenoxy) is 3. The third-order valence-corrected chi connectivity index (χ3v) is 2.60. The first kappa shape index (κ1) is 11.9. The fourth-order valence-corrected chi connectivity index (χ4v) is 1.59. The van der Waals surface area contributed by atoms with Gasteiger partial charge >= 0.3 is 5.97 Å². The van der Waals surface area contributed by atoms with Crippen molar-refractivity contribution in [2.45, 2.75) is 25.6 Å². The summed E-state index contributed by atoms with van der Waals surface area (Å²) in [4.78, 5) is 11.3. The minimum atomic E-state index is -0.326. The summed E-state index contributed by atoms with van der Waals surface area (Å²) < 4.78 is 15.2. The van der Waals surface area contributed by atoms with Gasteiger partial charge in [0.25, 0.3) is 0 Å². The minimum Gasteiger partial charge on any atom is -0.497 e. The maximum absolute atomic E-state index is 11.3. The topological polar surface area (TPSA) is 48.1 Å². The van der Waals surface area contributed by atoms with E-state index in [0.29, 0.717) is 13.0 Å². The first-order valence-electron chi connectivity index (χ1n) is 5.64. The van der Waals surface area contributed by atoms with Crippen LogP contribution in [0.4, 0.5) is 0 Å². The molecule has 0 aliphatic carbocycles. The van der Waals surface area contributed by atoms with Gasteiger partial charge in [-0.3, -0.25) is 0 Å². The molecule has 0 radical (unpaired) electrons. The van der Waals surface area contributed by atoms with E-state index in [0.717, 1.165) is 11.3 Å². The molecule has 0 saturated carbocycles. The molecule has 2 atom stereocenters. The smallest absolute Gasteiger partial charge is 0.337 e. The molecule has 4 heteroatoms. The minimum absolute atomic E-state index is 0.139. The molecule has 92 valence electrons. The summed E-state index contributed by atoms with van der Waals surface area (Å²) in [5, 5.41) is 0. The number of rotatable bonds is 5.